The molecule has 1 atom stereocenters. The molecule has 0 radical (unpaired) electrons. The summed E-state index contributed by atoms with van der Waals surface area (Å²) in [5.41, 5.74) is 1.47. The third-order valence-electron chi connectivity index (χ3n) is 3.18. The van der Waals surface area contributed by atoms with Gasteiger partial charge < -0.3 is 4.74 Å². The van der Waals surface area contributed by atoms with E-state index in [2.05, 4.69) is 0 Å². The van der Waals surface area contributed by atoms with Crippen LogP contribution in [0.1, 0.15) is 45.2 Å². The summed E-state index contributed by atoms with van der Waals surface area (Å²) in [7, 11) is 0. The first-order valence-corrected chi connectivity index (χ1v) is 6.56. The van der Waals surface area contributed by atoms with Crippen LogP contribution in [0.25, 0.3) is 0 Å². The molecule has 0 heterocycles. The maximum Gasteiger partial charge on any atom is 0.327 e. The summed E-state index contributed by atoms with van der Waals surface area (Å²) in [6.45, 7) is 9.32. The molecular weight excluding hydrogens is 248 g/mol. The molecule has 0 aliphatic carbocycles. The molecule has 0 saturated carbocycles. The van der Waals surface area contributed by atoms with Crippen molar-refractivity contribution >= 4 is 17.6 Å². The molecule has 1 unspecified atom stereocenters. The minimum atomic E-state index is -0.956. The highest BCUT2D eigenvalue weighted by molar-refractivity contribution is 6.33. The van der Waals surface area contributed by atoms with Crippen molar-refractivity contribution in [2.45, 2.75) is 51.5 Å². The van der Waals surface area contributed by atoms with Gasteiger partial charge in [0, 0.05) is 0 Å². The fourth-order valence-corrected chi connectivity index (χ4v) is 1.53. The second-order valence-corrected chi connectivity index (χ2v) is 6.15. The Morgan fingerprint density at radius 3 is 2.17 bits per heavy atom. The molecule has 100 valence electrons. The minimum Gasteiger partial charge on any atom is -0.453 e. The number of alkyl halides is 1. The smallest absolute Gasteiger partial charge is 0.327 e. The Kier molecular flexibility index (Phi) is 4.44. The van der Waals surface area contributed by atoms with Crippen LogP contribution in [0.4, 0.5) is 0 Å². The molecule has 1 aromatic carbocycles. The second kappa shape index (κ2) is 5.31. The molecule has 3 heteroatoms. The zero-order valence-electron chi connectivity index (χ0n) is 11.7. The molecule has 0 aliphatic heterocycles. The lowest BCUT2D eigenvalue weighted by Crippen LogP contribution is -2.36. The van der Waals surface area contributed by atoms with Crippen molar-refractivity contribution in [1.82, 2.24) is 0 Å². The SMILES string of the molecule is CCC(C)(Cl)C(=O)OC(C)(C)c1ccc(C)cc1. The molecule has 0 aromatic heterocycles. The van der Waals surface area contributed by atoms with Crippen LogP contribution in [0.15, 0.2) is 24.3 Å². The van der Waals surface area contributed by atoms with E-state index in [1.165, 1.54) is 5.56 Å². The van der Waals surface area contributed by atoms with E-state index in [-0.39, 0.29) is 5.97 Å². The maximum absolute atomic E-state index is 12.0. The predicted octanol–water partition coefficient (Wildman–Crippen LogP) is 4.18. The van der Waals surface area contributed by atoms with Gasteiger partial charge in [0.2, 0.25) is 0 Å². The highest BCUT2D eigenvalue weighted by atomic mass is 35.5. The highest BCUT2D eigenvalue weighted by Gasteiger charge is 2.35. The summed E-state index contributed by atoms with van der Waals surface area (Å²) < 4.78 is 5.55. The van der Waals surface area contributed by atoms with Gasteiger partial charge in [0.1, 0.15) is 10.5 Å². The van der Waals surface area contributed by atoms with Gasteiger partial charge in [-0.15, -0.1) is 11.6 Å². The minimum absolute atomic E-state index is 0.378. The zero-order chi connectivity index (χ0) is 14.0. The molecule has 0 aliphatic rings. The van der Waals surface area contributed by atoms with Crippen LogP contribution in [0.3, 0.4) is 0 Å². The van der Waals surface area contributed by atoms with E-state index in [9.17, 15) is 4.79 Å². The summed E-state index contributed by atoms with van der Waals surface area (Å²) in [6.07, 6.45) is 0.539. The molecule has 0 N–H and O–H groups in total. The van der Waals surface area contributed by atoms with Crippen molar-refractivity contribution in [2.24, 2.45) is 0 Å². The van der Waals surface area contributed by atoms with Crippen molar-refractivity contribution in [1.29, 1.82) is 0 Å². The molecule has 0 saturated heterocycles. The van der Waals surface area contributed by atoms with E-state index in [4.69, 9.17) is 16.3 Å². The number of aryl methyl sites for hydroxylation is 1. The molecule has 1 aromatic rings. The quantitative estimate of drug-likeness (QED) is 0.605. The van der Waals surface area contributed by atoms with Crippen LogP contribution in [0.2, 0.25) is 0 Å². The summed E-state index contributed by atoms with van der Waals surface area (Å²) in [5.74, 6) is -0.378. The summed E-state index contributed by atoms with van der Waals surface area (Å²) in [5, 5.41) is 0. The van der Waals surface area contributed by atoms with Crippen molar-refractivity contribution in [2.75, 3.05) is 0 Å². The number of benzene rings is 1. The van der Waals surface area contributed by atoms with Crippen LogP contribution < -0.4 is 0 Å². The number of carbonyl (C=O) groups excluding carboxylic acids is 1. The lowest BCUT2D eigenvalue weighted by atomic mass is 9.96. The van der Waals surface area contributed by atoms with Crippen LogP contribution >= 0.6 is 11.6 Å². The van der Waals surface area contributed by atoms with E-state index >= 15 is 0 Å². The van der Waals surface area contributed by atoms with E-state index in [1.54, 1.807) is 6.92 Å². The maximum atomic E-state index is 12.0. The van der Waals surface area contributed by atoms with Gasteiger partial charge in [-0.2, -0.15) is 0 Å². The van der Waals surface area contributed by atoms with Crippen LogP contribution in [-0.2, 0) is 15.1 Å². The molecule has 2 nitrogen and oxygen atoms in total. The van der Waals surface area contributed by atoms with Gasteiger partial charge in [0.25, 0.3) is 0 Å². The molecule has 0 amide bonds. The van der Waals surface area contributed by atoms with E-state index in [0.29, 0.717) is 6.42 Å². The van der Waals surface area contributed by atoms with E-state index < -0.39 is 10.5 Å². The van der Waals surface area contributed by atoms with Gasteiger partial charge in [0.15, 0.2) is 0 Å². The molecular formula is C15H21ClO2. The number of rotatable bonds is 4. The van der Waals surface area contributed by atoms with Gasteiger partial charge in [-0.3, -0.25) is 4.79 Å². The first-order valence-electron chi connectivity index (χ1n) is 6.18. The average molecular weight is 269 g/mol. The lowest BCUT2D eigenvalue weighted by Gasteiger charge is -2.29. The second-order valence-electron chi connectivity index (χ2n) is 5.32. The molecule has 1 rings (SSSR count). The Hall–Kier alpha value is -1.02. The highest BCUT2D eigenvalue weighted by Crippen LogP contribution is 2.29. The standard InChI is InChI=1S/C15H21ClO2/c1-6-15(5,16)13(17)18-14(3,4)12-9-7-11(2)8-10-12/h7-10H,6H2,1-5H3. The summed E-state index contributed by atoms with van der Waals surface area (Å²) in [4.78, 5) is 11.0. The Morgan fingerprint density at radius 1 is 1.22 bits per heavy atom. The van der Waals surface area contributed by atoms with Crippen LogP contribution in [0, 0.1) is 6.92 Å². The number of hydrogen-bond acceptors (Lipinski definition) is 2. The fraction of sp³-hybridized carbons (Fsp3) is 0.533. The molecule has 0 bridgehead atoms. The van der Waals surface area contributed by atoms with E-state index in [0.717, 1.165) is 5.56 Å². The van der Waals surface area contributed by atoms with Crippen LogP contribution in [-0.4, -0.2) is 10.8 Å². The topological polar surface area (TPSA) is 26.3 Å². The number of carbonyl (C=O) groups is 1. The zero-order valence-corrected chi connectivity index (χ0v) is 12.5. The Morgan fingerprint density at radius 2 is 1.72 bits per heavy atom. The Balaban J connectivity index is 2.88. The lowest BCUT2D eigenvalue weighted by molar-refractivity contribution is -0.160. The molecule has 0 fully saturated rings. The van der Waals surface area contributed by atoms with E-state index in [1.807, 2.05) is 52.0 Å². The number of ether oxygens (including phenoxy) is 1. The largest absolute Gasteiger partial charge is 0.453 e. The summed E-state index contributed by atoms with van der Waals surface area (Å²) >= 11 is 6.12. The van der Waals surface area contributed by atoms with Gasteiger partial charge in [-0.05, 0) is 39.7 Å². The van der Waals surface area contributed by atoms with Gasteiger partial charge in [-0.25, -0.2) is 0 Å². The first kappa shape index (κ1) is 15.0. The summed E-state index contributed by atoms with van der Waals surface area (Å²) in [6, 6.07) is 7.95. The predicted molar refractivity (Wildman–Crippen MR) is 74.8 cm³/mol. The van der Waals surface area contributed by atoms with Crippen molar-refractivity contribution in [3.63, 3.8) is 0 Å². The average Bonchev–Trinajstić information content (AvgIpc) is 2.29. The number of halogens is 1. The van der Waals surface area contributed by atoms with Gasteiger partial charge >= 0.3 is 5.97 Å². The van der Waals surface area contributed by atoms with Crippen molar-refractivity contribution < 1.29 is 9.53 Å². The monoisotopic (exact) mass is 268 g/mol. The third kappa shape index (κ3) is 3.49. The Bertz CT molecular complexity index is 419. The first-order chi connectivity index (χ1) is 8.19. The molecule has 18 heavy (non-hydrogen) atoms. The number of hydrogen-bond donors (Lipinski definition) is 0. The van der Waals surface area contributed by atoms with Crippen molar-refractivity contribution in [3.8, 4) is 0 Å². The molecule has 0 spiro atoms. The Labute approximate surface area is 114 Å². The van der Waals surface area contributed by atoms with Crippen LogP contribution in [0.5, 0.6) is 0 Å². The normalized spacial score (nSPS) is 15.0. The third-order valence-corrected chi connectivity index (χ3v) is 3.61. The number of esters is 1. The fourth-order valence-electron chi connectivity index (χ4n) is 1.50. The van der Waals surface area contributed by atoms with Gasteiger partial charge in [0.05, 0.1) is 0 Å². The van der Waals surface area contributed by atoms with Gasteiger partial charge in [-0.1, -0.05) is 36.8 Å². The van der Waals surface area contributed by atoms with Crippen molar-refractivity contribution in [3.05, 3.63) is 35.4 Å².